The van der Waals surface area contributed by atoms with Crippen LogP contribution in [0.3, 0.4) is 0 Å². The van der Waals surface area contributed by atoms with E-state index in [0.29, 0.717) is 13.2 Å². The van der Waals surface area contributed by atoms with E-state index >= 15 is 0 Å². The van der Waals surface area contributed by atoms with Crippen LogP contribution in [0.25, 0.3) is 10.9 Å². The van der Waals surface area contributed by atoms with Crippen LogP contribution in [-0.4, -0.2) is 30.6 Å². The van der Waals surface area contributed by atoms with E-state index in [4.69, 9.17) is 21.3 Å². The molecule has 1 aliphatic heterocycles. The number of ether oxygens (including phenoxy) is 1. The molecule has 0 aliphatic carbocycles. The van der Waals surface area contributed by atoms with E-state index in [0.717, 1.165) is 46.7 Å². The number of esters is 1. The molecule has 0 spiro atoms. The van der Waals surface area contributed by atoms with Crippen molar-refractivity contribution < 1.29 is 9.53 Å². The Labute approximate surface area is 141 Å². The van der Waals surface area contributed by atoms with Gasteiger partial charge >= 0.3 is 5.97 Å². The minimum absolute atomic E-state index is 0.0632. The Morgan fingerprint density at radius 2 is 2.26 bits per heavy atom. The number of nitrogens with zero attached hydrogens (tertiary/aromatic N) is 2. The van der Waals surface area contributed by atoms with Gasteiger partial charge < -0.3 is 9.64 Å². The molecule has 2 heterocycles. The average Bonchev–Trinajstić information content (AvgIpc) is 2.56. The SMILES string of the molecule is CCOC(=O)[C@@H]1CCCN(c2cc(C)c3cc(Cl)ccc3n2)C1. The van der Waals surface area contributed by atoms with Crippen molar-refractivity contribution in [2.45, 2.75) is 26.7 Å². The first-order valence-corrected chi connectivity index (χ1v) is 8.44. The molecule has 0 N–H and O–H groups in total. The molecule has 3 rings (SSSR count). The number of fused-ring (bicyclic) bond motifs is 1. The van der Waals surface area contributed by atoms with E-state index in [9.17, 15) is 4.79 Å². The highest BCUT2D eigenvalue weighted by Gasteiger charge is 2.27. The molecule has 0 radical (unpaired) electrons. The number of benzene rings is 1. The average molecular weight is 333 g/mol. The third kappa shape index (κ3) is 3.42. The van der Waals surface area contributed by atoms with Crippen LogP contribution in [0.1, 0.15) is 25.3 Å². The van der Waals surface area contributed by atoms with E-state index in [1.54, 1.807) is 0 Å². The van der Waals surface area contributed by atoms with Crippen LogP contribution in [0.2, 0.25) is 5.02 Å². The summed E-state index contributed by atoms with van der Waals surface area (Å²) >= 11 is 6.07. The number of halogens is 1. The van der Waals surface area contributed by atoms with E-state index in [2.05, 4.69) is 17.9 Å². The maximum Gasteiger partial charge on any atom is 0.310 e. The molecule has 0 bridgehead atoms. The van der Waals surface area contributed by atoms with Crippen LogP contribution in [0.4, 0.5) is 5.82 Å². The number of carbonyl (C=O) groups is 1. The van der Waals surface area contributed by atoms with E-state index in [-0.39, 0.29) is 11.9 Å². The van der Waals surface area contributed by atoms with Crippen molar-refractivity contribution >= 4 is 34.3 Å². The summed E-state index contributed by atoms with van der Waals surface area (Å²) in [6.45, 7) is 5.93. The third-order valence-electron chi connectivity index (χ3n) is 4.33. The topological polar surface area (TPSA) is 42.4 Å². The Morgan fingerprint density at radius 1 is 1.43 bits per heavy atom. The highest BCUT2D eigenvalue weighted by Crippen LogP contribution is 2.28. The van der Waals surface area contributed by atoms with E-state index in [1.807, 2.05) is 25.1 Å². The molecule has 1 aliphatic rings. The Balaban J connectivity index is 1.87. The van der Waals surface area contributed by atoms with Crippen LogP contribution in [-0.2, 0) is 9.53 Å². The molecule has 1 aromatic heterocycles. The molecule has 122 valence electrons. The van der Waals surface area contributed by atoms with Crippen LogP contribution < -0.4 is 4.90 Å². The predicted molar refractivity (Wildman–Crippen MR) is 93.1 cm³/mol. The number of carbonyl (C=O) groups excluding carboxylic acids is 1. The standard InChI is InChI=1S/C18H21ClN2O2/c1-3-23-18(22)13-5-4-8-21(11-13)17-9-12(2)15-10-14(19)6-7-16(15)20-17/h6-7,9-10,13H,3-5,8,11H2,1-2H3/t13-/m1/s1. The van der Waals surface area contributed by atoms with Crippen molar-refractivity contribution in [3.05, 3.63) is 34.9 Å². The normalized spacial score (nSPS) is 18.2. The second kappa shape index (κ2) is 6.75. The first kappa shape index (κ1) is 16.1. The molecule has 5 heteroatoms. The summed E-state index contributed by atoms with van der Waals surface area (Å²) < 4.78 is 5.17. The van der Waals surface area contributed by atoms with Crippen molar-refractivity contribution in [2.24, 2.45) is 5.92 Å². The van der Waals surface area contributed by atoms with E-state index < -0.39 is 0 Å². The van der Waals surface area contributed by atoms with Crippen molar-refractivity contribution in [3.8, 4) is 0 Å². The zero-order chi connectivity index (χ0) is 16.4. The molecule has 1 saturated heterocycles. The highest BCUT2D eigenvalue weighted by atomic mass is 35.5. The number of hydrogen-bond acceptors (Lipinski definition) is 4. The first-order valence-electron chi connectivity index (χ1n) is 8.07. The predicted octanol–water partition coefficient (Wildman–Crippen LogP) is 3.98. The maximum atomic E-state index is 12.0. The van der Waals surface area contributed by atoms with Gasteiger partial charge in [0, 0.05) is 23.5 Å². The zero-order valence-electron chi connectivity index (χ0n) is 13.5. The molecular weight excluding hydrogens is 312 g/mol. The molecule has 1 fully saturated rings. The molecule has 2 aromatic rings. The third-order valence-corrected chi connectivity index (χ3v) is 4.56. The number of hydrogen-bond donors (Lipinski definition) is 0. The highest BCUT2D eigenvalue weighted by molar-refractivity contribution is 6.31. The van der Waals surface area contributed by atoms with Crippen molar-refractivity contribution in [1.29, 1.82) is 0 Å². The Kier molecular flexibility index (Phi) is 4.71. The smallest absolute Gasteiger partial charge is 0.310 e. The van der Waals surface area contributed by atoms with Crippen LogP contribution in [0.5, 0.6) is 0 Å². The maximum absolute atomic E-state index is 12.0. The van der Waals surface area contributed by atoms with Gasteiger partial charge in [0.05, 0.1) is 18.0 Å². The quantitative estimate of drug-likeness (QED) is 0.797. The lowest BCUT2D eigenvalue weighted by atomic mass is 9.98. The lowest BCUT2D eigenvalue weighted by Gasteiger charge is -2.32. The summed E-state index contributed by atoms with van der Waals surface area (Å²) in [5, 5.41) is 1.79. The van der Waals surface area contributed by atoms with Gasteiger partial charge in [0.25, 0.3) is 0 Å². The van der Waals surface area contributed by atoms with Gasteiger partial charge in [-0.05, 0) is 56.5 Å². The summed E-state index contributed by atoms with van der Waals surface area (Å²) in [7, 11) is 0. The van der Waals surface area contributed by atoms with Crippen LogP contribution >= 0.6 is 11.6 Å². The summed E-state index contributed by atoms with van der Waals surface area (Å²) in [4.78, 5) is 19.0. The van der Waals surface area contributed by atoms with Gasteiger partial charge in [0.1, 0.15) is 5.82 Å². The summed E-state index contributed by atoms with van der Waals surface area (Å²) in [6.07, 6.45) is 1.86. The number of anilines is 1. The lowest BCUT2D eigenvalue weighted by molar-refractivity contribution is -0.148. The fraction of sp³-hybridized carbons (Fsp3) is 0.444. The molecule has 1 atom stereocenters. The summed E-state index contributed by atoms with van der Waals surface area (Å²) in [6, 6.07) is 7.82. The molecule has 0 amide bonds. The number of pyridine rings is 1. The largest absolute Gasteiger partial charge is 0.466 e. The summed E-state index contributed by atoms with van der Waals surface area (Å²) in [5.41, 5.74) is 2.08. The van der Waals surface area contributed by atoms with Crippen molar-refractivity contribution in [2.75, 3.05) is 24.6 Å². The van der Waals surface area contributed by atoms with Crippen molar-refractivity contribution in [3.63, 3.8) is 0 Å². The Morgan fingerprint density at radius 3 is 3.04 bits per heavy atom. The van der Waals surface area contributed by atoms with Crippen LogP contribution in [0, 0.1) is 12.8 Å². The minimum atomic E-state index is -0.0958. The van der Waals surface area contributed by atoms with Gasteiger partial charge in [-0.3, -0.25) is 4.79 Å². The van der Waals surface area contributed by atoms with E-state index in [1.165, 1.54) is 0 Å². The van der Waals surface area contributed by atoms with Gasteiger partial charge in [-0.1, -0.05) is 11.6 Å². The van der Waals surface area contributed by atoms with Gasteiger partial charge in [0.15, 0.2) is 0 Å². The molecule has 1 aromatic carbocycles. The molecule has 0 saturated carbocycles. The molecular formula is C18H21ClN2O2. The monoisotopic (exact) mass is 332 g/mol. The summed E-state index contributed by atoms with van der Waals surface area (Å²) in [5.74, 6) is 0.763. The second-order valence-corrected chi connectivity index (χ2v) is 6.43. The second-order valence-electron chi connectivity index (χ2n) is 6.00. The number of aryl methyl sites for hydroxylation is 1. The Bertz CT molecular complexity index is 732. The molecule has 0 unspecified atom stereocenters. The van der Waals surface area contributed by atoms with Gasteiger partial charge in [-0.2, -0.15) is 0 Å². The number of aromatic nitrogens is 1. The number of rotatable bonds is 3. The van der Waals surface area contributed by atoms with Gasteiger partial charge in [-0.15, -0.1) is 0 Å². The van der Waals surface area contributed by atoms with Gasteiger partial charge in [0.2, 0.25) is 0 Å². The molecule has 4 nitrogen and oxygen atoms in total. The fourth-order valence-electron chi connectivity index (χ4n) is 3.15. The zero-order valence-corrected chi connectivity index (χ0v) is 14.3. The fourth-order valence-corrected chi connectivity index (χ4v) is 3.32. The Hall–Kier alpha value is -1.81. The lowest BCUT2D eigenvalue weighted by Crippen LogP contribution is -2.39. The number of piperidine rings is 1. The first-order chi connectivity index (χ1) is 11.1. The van der Waals surface area contributed by atoms with Crippen molar-refractivity contribution in [1.82, 2.24) is 4.98 Å². The van der Waals surface area contributed by atoms with Gasteiger partial charge in [-0.25, -0.2) is 4.98 Å². The van der Waals surface area contributed by atoms with Crippen LogP contribution in [0.15, 0.2) is 24.3 Å². The minimum Gasteiger partial charge on any atom is -0.466 e. The molecule has 23 heavy (non-hydrogen) atoms.